The van der Waals surface area contributed by atoms with E-state index >= 15 is 0 Å². The van der Waals surface area contributed by atoms with Crippen molar-refractivity contribution in [1.29, 1.82) is 0 Å². The lowest BCUT2D eigenvalue weighted by Crippen LogP contribution is -2.27. The van der Waals surface area contributed by atoms with Crippen molar-refractivity contribution in [3.63, 3.8) is 0 Å². The van der Waals surface area contributed by atoms with Gasteiger partial charge in [0.25, 0.3) is 5.91 Å². The molecule has 1 aliphatic carbocycles. The Morgan fingerprint density at radius 2 is 2.50 bits per heavy atom. The van der Waals surface area contributed by atoms with Crippen LogP contribution in [0.2, 0.25) is 0 Å². The first-order valence-electron chi connectivity index (χ1n) is 5.70. The molecule has 1 amide bonds. The van der Waals surface area contributed by atoms with Gasteiger partial charge in [-0.2, -0.15) is 0 Å². The van der Waals surface area contributed by atoms with Crippen LogP contribution in [0.25, 0.3) is 0 Å². The van der Waals surface area contributed by atoms with Gasteiger partial charge in [0, 0.05) is 16.8 Å². The zero-order chi connectivity index (χ0) is 11.5. The molecule has 0 fully saturated rings. The average molecular weight is 239 g/mol. The van der Waals surface area contributed by atoms with Crippen molar-refractivity contribution < 1.29 is 9.90 Å². The Kier molecular flexibility index (Phi) is 3.61. The predicted molar refractivity (Wildman–Crippen MR) is 64.9 cm³/mol. The second-order valence-corrected chi connectivity index (χ2v) is 5.34. The van der Waals surface area contributed by atoms with Crippen LogP contribution in [0, 0.1) is 5.92 Å². The number of amides is 1. The predicted octanol–water partition coefficient (Wildman–Crippen LogP) is 1.59. The van der Waals surface area contributed by atoms with Crippen LogP contribution in [0.3, 0.4) is 0 Å². The summed E-state index contributed by atoms with van der Waals surface area (Å²) in [4.78, 5) is 13.2. The molecule has 0 aromatic carbocycles. The lowest BCUT2D eigenvalue weighted by molar-refractivity contribution is 0.0944. The van der Waals surface area contributed by atoms with Crippen molar-refractivity contribution in [2.45, 2.75) is 26.2 Å². The number of hydrogen-bond acceptors (Lipinski definition) is 3. The van der Waals surface area contributed by atoms with Crippen LogP contribution in [-0.4, -0.2) is 24.2 Å². The largest absolute Gasteiger partial charge is 0.395 e. The number of nitrogens with one attached hydrogen (secondary N) is 1. The van der Waals surface area contributed by atoms with Gasteiger partial charge in [0.1, 0.15) is 0 Å². The standard InChI is InChI=1S/C12H17NO2S/c1-8-2-3-9-10(7-16-11(9)6-8)12(15)13-4-5-14/h7-8,14H,2-6H2,1H3,(H,13,15)/t8-/m0/s1. The molecule has 0 radical (unpaired) electrons. The normalized spacial score (nSPS) is 19.2. The van der Waals surface area contributed by atoms with Crippen LogP contribution in [-0.2, 0) is 12.8 Å². The van der Waals surface area contributed by atoms with Gasteiger partial charge in [0.15, 0.2) is 0 Å². The zero-order valence-corrected chi connectivity index (χ0v) is 10.3. The maximum Gasteiger partial charge on any atom is 0.252 e. The molecule has 0 bridgehead atoms. The lowest BCUT2D eigenvalue weighted by atomic mass is 9.88. The fraction of sp³-hybridized carbons (Fsp3) is 0.583. The summed E-state index contributed by atoms with van der Waals surface area (Å²) in [7, 11) is 0. The van der Waals surface area contributed by atoms with Crippen LogP contribution in [0.5, 0.6) is 0 Å². The van der Waals surface area contributed by atoms with Gasteiger partial charge in [-0.25, -0.2) is 0 Å². The molecule has 88 valence electrons. The quantitative estimate of drug-likeness (QED) is 0.841. The van der Waals surface area contributed by atoms with Gasteiger partial charge in [0.2, 0.25) is 0 Å². The van der Waals surface area contributed by atoms with Crippen molar-refractivity contribution >= 4 is 17.2 Å². The van der Waals surface area contributed by atoms with Gasteiger partial charge in [-0.3, -0.25) is 4.79 Å². The van der Waals surface area contributed by atoms with E-state index in [1.807, 2.05) is 5.38 Å². The third-order valence-electron chi connectivity index (χ3n) is 3.04. The summed E-state index contributed by atoms with van der Waals surface area (Å²) in [5.74, 6) is 0.695. The Bertz CT molecular complexity index is 386. The Labute approximate surface area is 99.5 Å². The van der Waals surface area contributed by atoms with E-state index in [1.54, 1.807) is 11.3 Å². The molecule has 0 aliphatic heterocycles. The van der Waals surface area contributed by atoms with Gasteiger partial charge in [0.05, 0.1) is 12.2 Å². The van der Waals surface area contributed by atoms with Gasteiger partial charge in [-0.05, 0) is 30.7 Å². The highest BCUT2D eigenvalue weighted by Gasteiger charge is 2.22. The molecule has 1 aromatic heterocycles. The van der Waals surface area contributed by atoms with E-state index in [4.69, 9.17) is 5.11 Å². The van der Waals surface area contributed by atoms with Crippen LogP contribution in [0.1, 0.15) is 34.1 Å². The molecule has 0 unspecified atom stereocenters. The van der Waals surface area contributed by atoms with E-state index in [0.29, 0.717) is 6.54 Å². The van der Waals surface area contributed by atoms with Crippen LogP contribution >= 0.6 is 11.3 Å². The number of aliphatic hydroxyl groups is 1. The van der Waals surface area contributed by atoms with Gasteiger partial charge >= 0.3 is 0 Å². The van der Waals surface area contributed by atoms with E-state index in [-0.39, 0.29) is 12.5 Å². The molecule has 2 rings (SSSR count). The second kappa shape index (κ2) is 4.97. The van der Waals surface area contributed by atoms with Gasteiger partial charge in [-0.1, -0.05) is 6.92 Å². The number of carbonyl (C=O) groups is 1. The molecule has 1 atom stereocenters. The van der Waals surface area contributed by atoms with Gasteiger partial charge < -0.3 is 10.4 Å². The second-order valence-electron chi connectivity index (χ2n) is 4.38. The van der Waals surface area contributed by atoms with E-state index in [2.05, 4.69) is 12.2 Å². The Balaban J connectivity index is 2.14. The van der Waals surface area contributed by atoms with E-state index in [9.17, 15) is 4.79 Å². The Morgan fingerprint density at radius 1 is 1.69 bits per heavy atom. The molecular formula is C12H17NO2S. The summed E-state index contributed by atoms with van der Waals surface area (Å²) in [6.45, 7) is 2.59. The molecule has 3 nitrogen and oxygen atoms in total. The summed E-state index contributed by atoms with van der Waals surface area (Å²) in [6, 6.07) is 0. The average Bonchev–Trinajstić information content (AvgIpc) is 2.68. The zero-order valence-electron chi connectivity index (χ0n) is 9.45. The molecule has 1 aliphatic rings. The number of fused-ring (bicyclic) bond motifs is 1. The highest BCUT2D eigenvalue weighted by molar-refractivity contribution is 7.10. The minimum atomic E-state index is -0.0406. The number of hydrogen-bond donors (Lipinski definition) is 2. The fourth-order valence-electron chi connectivity index (χ4n) is 2.13. The minimum absolute atomic E-state index is 0.00486. The van der Waals surface area contributed by atoms with Crippen LogP contribution < -0.4 is 5.32 Å². The maximum absolute atomic E-state index is 11.8. The maximum atomic E-state index is 11.8. The molecule has 16 heavy (non-hydrogen) atoms. The fourth-order valence-corrected chi connectivity index (χ4v) is 3.38. The van der Waals surface area contributed by atoms with Crippen molar-refractivity contribution in [2.24, 2.45) is 5.92 Å². The number of aliphatic hydroxyl groups excluding tert-OH is 1. The summed E-state index contributed by atoms with van der Waals surface area (Å²) in [6.07, 6.45) is 3.29. The molecule has 0 spiro atoms. The smallest absolute Gasteiger partial charge is 0.252 e. The molecule has 0 saturated carbocycles. The van der Waals surface area contributed by atoms with Crippen molar-refractivity contribution in [2.75, 3.05) is 13.2 Å². The summed E-state index contributed by atoms with van der Waals surface area (Å²) < 4.78 is 0. The third kappa shape index (κ3) is 2.28. The summed E-state index contributed by atoms with van der Waals surface area (Å²) >= 11 is 1.69. The molecule has 1 heterocycles. The first-order chi connectivity index (χ1) is 7.72. The first-order valence-corrected chi connectivity index (χ1v) is 6.58. The van der Waals surface area contributed by atoms with Crippen molar-refractivity contribution in [3.8, 4) is 0 Å². The monoisotopic (exact) mass is 239 g/mol. The highest BCUT2D eigenvalue weighted by Crippen LogP contribution is 2.32. The third-order valence-corrected chi connectivity index (χ3v) is 4.09. The highest BCUT2D eigenvalue weighted by atomic mass is 32.1. The molecule has 2 N–H and O–H groups in total. The Morgan fingerprint density at radius 3 is 3.25 bits per heavy atom. The van der Waals surface area contributed by atoms with Crippen molar-refractivity contribution in [1.82, 2.24) is 5.32 Å². The number of carbonyl (C=O) groups excluding carboxylic acids is 1. The van der Waals surface area contributed by atoms with E-state index in [1.165, 1.54) is 16.9 Å². The Hall–Kier alpha value is -0.870. The topological polar surface area (TPSA) is 49.3 Å². The van der Waals surface area contributed by atoms with E-state index in [0.717, 1.165) is 24.3 Å². The molecular weight excluding hydrogens is 222 g/mol. The number of thiophene rings is 1. The SMILES string of the molecule is C[C@H]1CCc2c(C(=O)NCCO)csc2C1. The first kappa shape index (κ1) is 11.6. The summed E-state index contributed by atoms with van der Waals surface area (Å²) in [5.41, 5.74) is 2.05. The molecule has 4 heteroatoms. The van der Waals surface area contributed by atoms with E-state index < -0.39 is 0 Å². The van der Waals surface area contributed by atoms with Crippen LogP contribution in [0.4, 0.5) is 0 Å². The minimum Gasteiger partial charge on any atom is -0.395 e. The van der Waals surface area contributed by atoms with Gasteiger partial charge in [-0.15, -0.1) is 11.3 Å². The number of rotatable bonds is 3. The molecule has 0 saturated heterocycles. The van der Waals surface area contributed by atoms with Crippen molar-refractivity contribution in [3.05, 3.63) is 21.4 Å². The van der Waals surface area contributed by atoms with Crippen LogP contribution in [0.15, 0.2) is 5.38 Å². The molecule has 1 aromatic rings. The summed E-state index contributed by atoms with van der Waals surface area (Å²) in [5, 5.41) is 13.3. The lowest BCUT2D eigenvalue weighted by Gasteiger charge is -2.18.